The van der Waals surface area contributed by atoms with Crippen LogP contribution in [0.3, 0.4) is 0 Å². The van der Waals surface area contributed by atoms with Gasteiger partial charge in [-0.25, -0.2) is 0 Å². The van der Waals surface area contributed by atoms with Gasteiger partial charge in [0.2, 0.25) is 24.1 Å². The van der Waals surface area contributed by atoms with E-state index in [1.54, 1.807) is 9.80 Å². The van der Waals surface area contributed by atoms with Gasteiger partial charge in [0.1, 0.15) is 13.5 Å². The summed E-state index contributed by atoms with van der Waals surface area (Å²) in [5.74, 6) is -3.29. The third kappa shape index (κ3) is 27.3. The van der Waals surface area contributed by atoms with Crippen molar-refractivity contribution in [3.05, 3.63) is 29.8 Å². The summed E-state index contributed by atoms with van der Waals surface area (Å²) in [6.07, 6.45) is 2.48. The third-order valence-corrected chi connectivity index (χ3v) is 11.1. The van der Waals surface area contributed by atoms with Crippen molar-refractivity contribution in [2.75, 3.05) is 151 Å². The van der Waals surface area contributed by atoms with Crippen LogP contribution in [0, 0.1) is 0 Å². The van der Waals surface area contributed by atoms with Crippen molar-refractivity contribution in [1.82, 2.24) is 44.5 Å². The maximum absolute atomic E-state index is 12.1. The molecule has 3 rings (SSSR count). The molecule has 2 aliphatic rings. The Morgan fingerprint density at radius 3 is 1.50 bits per heavy atom. The Hall–Kier alpha value is -5.54. The summed E-state index contributed by atoms with van der Waals surface area (Å²) < 4.78 is 9.74. The lowest BCUT2D eigenvalue weighted by atomic mass is 10.0. The van der Waals surface area contributed by atoms with Crippen LogP contribution in [0.4, 0.5) is 5.69 Å². The van der Waals surface area contributed by atoms with Crippen molar-refractivity contribution >= 4 is 72.1 Å². The van der Waals surface area contributed by atoms with Crippen molar-refractivity contribution in [3.8, 4) is 0 Å². The van der Waals surface area contributed by atoms with Crippen LogP contribution in [-0.2, 0) is 54.3 Å². The van der Waals surface area contributed by atoms with Crippen molar-refractivity contribution < 1.29 is 58.0 Å². The lowest BCUT2D eigenvalue weighted by Crippen LogP contribution is -2.54. The molecule has 26 heteroatoms. The number of carboxylic acid groups (broad SMARTS) is 2. The number of aliphatic imine (C=N–C) groups is 1. The second-order valence-electron chi connectivity index (χ2n) is 16.3. The highest BCUT2D eigenvalue weighted by molar-refractivity contribution is 7.78. The van der Waals surface area contributed by atoms with E-state index < -0.39 is 29.7 Å². The quantitative estimate of drug-likeness (QED) is 0.0368. The first-order chi connectivity index (χ1) is 32.6. The number of amides is 4. The molecule has 1 aromatic carbocycles. The van der Waals surface area contributed by atoms with Crippen molar-refractivity contribution in [3.63, 3.8) is 0 Å². The molecule has 68 heavy (non-hydrogen) atoms. The first-order valence-electron chi connectivity index (χ1n) is 22.2. The number of hydrogen-bond donors (Lipinski definition) is 6. The van der Waals surface area contributed by atoms with Gasteiger partial charge >= 0.3 is 11.9 Å². The number of hydrogen-bond acceptors (Lipinski definition) is 20. The second kappa shape index (κ2) is 34.7. The number of carbonyl (C=O) groups excluding carboxylic acids is 6. The molecule has 0 radical (unpaired) electrons. The van der Waals surface area contributed by atoms with Crippen LogP contribution in [0.2, 0.25) is 0 Å². The molecule has 4 amide bonds. The summed E-state index contributed by atoms with van der Waals surface area (Å²) >= 11 is 4.67. The molecule has 380 valence electrons. The Morgan fingerprint density at radius 1 is 0.618 bits per heavy atom. The average Bonchev–Trinajstić information content (AvgIpc) is 3.27. The first-order valence-corrected chi connectivity index (χ1v) is 22.6. The van der Waals surface area contributed by atoms with Crippen molar-refractivity contribution in [2.45, 2.75) is 25.3 Å². The van der Waals surface area contributed by atoms with E-state index in [1.165, 1.54) is 0 Å². The van der Waals surface area contributed by atoms with Crippen molar-refractivity contribution in [1.29, 1.82) is 0 Å². The van der Waals surface area contributed by atoms with Gasteiger partial charge in [-0.1, -0.05) is 12.1 Å². The topological polar surface area (TPSA) is 324 Å². The van der Waals surface area contributed by atoms with Crippen LogP contribution in [0.5, 0.6) is 0 Å². The fourth-order valence-electron chi connectivity index (χ4n) is 7.72. The monoisotopic (exact) mass is 979 g/mol. The molecule has 2 fully saturated rings. The molecule has 25 nitrogen and oxygen atoms in total. The zero-order chi connectivity index (χ0) is 50.1. The van der Waals surface area contributed by atoms with Crippen LogP contribution < -0.4 is 22.5 Å². The standard InChI is InChI=1S/C24H37N9O4S.C18H32N4O8/c25-22(35)13-30-5-6-31(16-28-17-34)7-8-32(14-23(26)36)12-21(33(10-9-30)15-24(27)37)11-19-1-3-20(4-2-19)29-18-38;23-15-29-13-21-5-1-3-19(11-17(25)26)7-8-20(12-18(27)28)4-2-6-22(10-9-21)14-30-16-24/h1-4,17,21H,5-16H2,(H2,25,35)(H2,26,36)(H2,27,37)(H,28,34);15-16H,1-14H2,(H,25,26)(H,27,28). The summed E-state index contributed by atoms with van der Waals surface area (Å²) in [5.41, 5.74) is 18.3. The van der Waals surface area contributed by atoms with Gasteiger partial charge in [0, 0.05) is 104 Å². The van der Waals surface area contributed by atoms with Gasteiger partial charge in [0.15, 0.2) is 0 Å². The third-order valence-electron chi connectivity index (χ3n) is 11.0. The van der Waals surface area contributed by atoms with Gasteiger partial charge in [-0.2, -0.15) is 4.99 Å². The number of carboxylic acids is 2. The molecule has 1 unspecified atom stereocenters. The van der Waals surface area contributed by atoms with E-state index in [0.717, 1.165) is 5.56 Å². The minimum Gasteiger partial charge on any atom is -0.480 e. The molecule has 0 aromatic heterocycles. The largest absolute Gasteiger partial charge is 0.480 e. The maximum Gasteiger partial charge on any atom is 0.317 e. The van der Waals surface area contributed by atoms with E-state index in [0.29, 0.717) is 149 Å². The fraction of sp³-hybridized carbons (Fsp3) is 0.643. The first kappa shape index (κ1) is 58.6. The maximum atomic E-state index is 12.1. The highest BCUT2D eigenvalue weighted by Gasteiger charge is 2.27. The lowest BCUT2D eigenvalue weighted by molar-refractivity contribution is -0.140. The molecule has 9 N–H and O–H groups in total. The highest BCUT2D eigenvalue weighted by atomic mass is 32.1. The molecular formula is C42H69N13O12S. The Morgan fingerprint density at radius 2 is 1.04 bits per heavy atom. The number of primary amides is 3. The summed E-state index contributed by atoms with van der Waals surface area (Å²) in [4.78, 5) is 109. The number of nitrogens with zero attached hydrogens (tertiary/aromatic N) is 9. The Balaban J connectivity index is 0.000000481. The van der Waals surface area contributed by atoms with E-state index in [4.69, 9.17) is 36.9 Å². The van der Waals surface area contributed by atoms with E-state index in [1.807, 2.05) is 53.7 Å². The minimum absolute atomic E-state index is 0.00214. The highest BCUT2D eigenvalue weighted by Crippen LogP contribution is 2.17. The molecule has 0 bridgehead atoms. The van der Waals surface area contributed by atoms with E-state index in [9.17, 15) is 38.4 Å². The minimum atomic E-state index is -0.937. The van der Waals surface area contributed by atoms with Gasteiger partial charge in [-0.05, 0) is 49.2 Å². The smallest absolute Gasteiger partial charge is 0.317 e. The number of rotatable bonds is 22. The van der Waals surface area contributed by atoms with Crippen LogP contribution in [0.15, 0.2) is 29.3 Å². The van der Waals surface area contributed by atoms with Crippen LogP contribution in [0.25, 0.3) is 0 Å². The number of nitrogens with one attached hydrogen (secondary N) is 1. The number of benzene rings is 1. The number of thiocarbonyl (C=S) groups is 1. The normalized spacial score (nSPS) is 19.1. The van der Waals surface area contributed by atoms with Crippen molar-refractivity contribution in [2.24, 2.45) is 22.2 Å². The molecule has 2 heterocycles. The molecule has 0 spiro atoms. The Labute approximate surface area is 402 Å². The van der Waals surface area contributed by atoms with Gasteiger partial charge in [-0.15, -0.1) is 0 Å². The molecule has 2 saturated heterocycles. The van der Waals surface area contributed by atoms with Gasteiger partial charge in [0.05, 0.1) is 50.2 Å². The van der Waals surface area contributed by atoms with Crippen LogP contribution >= 0.6 is 12.2 Å². The van der Waals surface area contributed by atoms with E-state index in [2.05, 4.69) is 27.7 Å². The van der Waals surface area contributed by atoms with E-state index >= 15 is 0 Å². The molecule has 1 atom stereocenters. The van der Waals surface area contributed by atoms with Gasteiger partial charge in [0.25, 0.3) is 12.9 Å². The van der Waals surface area contributed by atoms with Gasteiger partial charge in [-0.3, -0.25) is 77.6 Å². The SMILES string of the molecule is NC(=O)CN1CCN(CNC=O)CCN(CC(N)=O)CC(Cc2ccc(N=C=S)cc2)N(CC(N)=O)CC1.O=COCN1CCCN(CC(=O)O)CCN(CC(=O)O)CCCN(COC=O)CC1. The summed E-state index contributed by atoms with van der Waals surface area (Å²) in [6, 6.07) is 7.30. The average molecular weight is 980 g/mol. The molecule has 1 aromatic rings. The number of isothiocyanates is 1. The van der Waals surface area contributed by atoms with Crippen LogP contribution in [-0.4, -0.2) is 261 Å². The summed E-state index contributed by atoms with van der Waals surface area (Å²) in [6.45, 7) is 8.77. The zero-order valence-corrected chi connectivity index (χ0v) is 39.5. The zero-order valence-electron chi connectivity index (χ0n) is 38.6. The number of ether oxygens (including phenoxy) is 2. The molecule has 0 saturated carbocycles. The number of aliphatic carboxylic acids is 2. The lowest BCUT2D eigenvalue weighted by Gasteiger charge is -2.38. The van der Waals surface area contributed by atoms with E-state index in [-0.39, 0.29) is 52.2 Å². The fourth-order valence-corrected chi connectivity index (χ4v) is 7.83. The molecule has 0 aliphatic carbocycles. The van der Waals surface area contributed by atoms with Gasteiger partial charge < -0.3 is 42.2 Å². The second-order valence-corrected chi connectivity index (χ2v) is 16.5. The van der Waals surface area contributed by atoms with Crippen LogP contribution in [0.1, 0.15) is 18.4 Å². The number of nitrogens with two attached hydrogens (primary N) is 3. The molecular weight excluding hydrogens is 911 g/mol. The Bertz CT molecular complexity index is 1720. The molecule has 2 aliphatic heterocycles. The predicted molar refractivity (Wildman–Crippen MR) is 251 cm³/mol. The summed E-state index contributed by atoms with van der Waals surface area (Å²) in [5, 5.41) is 23.3. The number of carbonyl (C=O) groups is 8. The Kier molecular flexibility index (Phi) is 29.9. The summed E-state index contributed by atoms with van der Waals surface area (Å²) in [7, 11) is 0. The predicted octanol–water partition coefficient (Wildman–Crippen LogP) is -3.87.